The molecule has 146 valence electrons. The van der Waals surface area contributed by atoms with Gasteiger partial charge in [0.25, 0.3) is 5.91 Å². The number of hydrogen-bond acceptors (Lipinski definition) is 4. The van der Waals surface area contributed by atoms with Crippen LogP contribution in [0.5, 0.6) is 0 Å². The fourth-order valence-electron chi connectivity index (χ4n) is 2.82. The van der Waals surface area contributed by atoms with Gasteiger partial charge in [-0.25, -0.2) is 22.6 Å². The molecule has 0 fully saturated rings. The van der Waals surface area contributed by atoms with E-state index in [1.54, 1.807) is 44.2 Å². The summed E-state index contributed by atoms with van der Waals surface area (Å²) in [7, 11) is -3.84. The summed E-state index contributed by atoms with van der Waals surface area (Å²) in [4.78, 5) is 12.6. The third-order valence-electron chi connectivity index (χ3n) is 4.37. The van der Waals surface area contributed by atoms with Crippen LogP contribution in [-0.2, 0) is 10.0 Å². The van der Waals surface area contributed by atoms with E-state index in [-0.39, 0.29) is 16.1 Å². The molecule has 3 N–H and O–H groups in total. The van der Waals surface area contributed by atoms with Gasteiger partial charge in [0.15, 0.2) is 0 Å². The Kier molecular flexibility index (Phi) is 5.30. The number of aromatic nitrogens is 2. The minimum absolute atomic E-state index is 0.0327. The van der Waals surface area contributed by atoms with Crippen LogP contribution in [0.4, 0.5) is 4.39 Å². The smallest absolute Gasteiger partial charge is 0.255 e. The van der Waals surface area contributed by atoms with Gasteiger partial charge in [-0.2, -0.15) is 5.10 Å². The third-order valence-corrected chi connectivity index (χ3v) is 5.28. The zero-order valence-corrected chi connectivity index (χ0v) is 16.1. The number of primary sulfonamides is 1. The van der Waals surface area contributed by atoms with Crippen molar-refractivity contribution in [2.75, 3.05) is 0 Å². The number of nitrogens with zero attached hydrogens (tertiary/aromatic N) is 2. The average molecular weight is 402 g/mol. The van der Waals surface area contributed by atoms with Crippen LogP contribution in [0.15, 0.2) is 59.6 Å². The molecule has 28 heavy (non-hydrogen) atoms. The molecule has 0 aliphatic carbocycles. The maximum absolute atomic E-state index is 14.0. The molecule has 0 radical (unpaired) electrons. The van der Waals surface area contributed by atoms with E-state index in [0.29, 0.717) is 11.3 Å². The molecule has 2 aromatic carbocycles. The van der Waals surface area contributed by atoms with Gasteiger partial charge in [-0.05, 0) is 43.7 Å². The van der Waals surface area contributed by atoms with Crippen molar-refractivity contribution in [2.24, 2.45) is 5.14 Å². The monoisotopic (exact) mass is 402 g/mol. The molecule has 0 saturated carbocycles. The lowest BCUT2D eigenvalue weighted by molar-refractivity contribution is 0.0939. The van der Waals surface area contributed by atoms with E-state index >= 15 is 0 Å². The number of rotatable bonds is 5. The van der Waals surface area contributed by atoms with Crippen LogP contribution in [0.3, 0.4) is 0 Å². The van der Waals surface area contributed by atoms with Crippen molar-refractivity contribution in [3.8, 4) is 5.69 Å². The molecule has 0 saturated heterocycles. The van der Waals surface area contributed by atoms with E-state index in [9.17, 15) is 17.6 Å². The molecule has 3 aromatic rings. The van der Waals surface area contributed by atoms with Crippen LogP contribution in [0, 0.1) is 12.7 Å². The molecule has 0 bridgehead atoms. The molecule has 0 aliphatic rings. The molecule has 9 heteroatoms. The Morgan fingerprint density at radius 1 is 1.21 bits per heavy atom. The Hall–Kier alpha value is -3.04. The molecule has 0 aliphatic heterocycles. The highest BCUT2D eigenvalue weighted by atomic mass is 32.2. The summed E-state index contributed by atoms with van der Waals surface area (Å²) in [6, 6.07) is 11.7. The van der Waals surface area contributed by atoms with E-state index in [1.807, 2.05) is 0 Å². The van der Waals surface area contributed by atoms with Crippen molar-refractivity contribution >= 4 is 15.9 Å². The van der Waals surface area contributed by atoms with Crippen molar-refractivity contribution in [1.82, 2.24) is 15.1 Å². The van der Waals surface area contributed by atoms with E-state index in [2.05, 4.69) is 10.4 Å². The Morgan fingerprint density at radius 3 is 2.61 bits per heavy atom. The Balaban J connectivity index is 1.84. The van der Waals surface area contributed by atoms with Gasteiger partial charge in [-0.1, -0.05) is 24.3 Å². The van der Waals surface area contributed by atoms with Crippen molar-refractivity contribution in [1.29, 1.82) is 0 Å². The van der Waals surface area contributed by atoms with Crippen LogP contribution in [0.25, 0.3) is 5.69 Å². The minimum atomic E-state index is -3.84. The molecule has 1 atom stereocenters. The normalized spacial score (nSPS) is 12.6. The number of halogens is 1. The lowest BCUT2D eigenvalue weighted by Gasteiger charge is -2.15. The highest BCUT2D eigenvalue weighted by Gasteiger charge is 2.19. The molecule has 7 nitrogen and oxygen atoms in total. The van der Waals surface area contributed by atoms with Crippen LogP contribution < -0.4 is 10.5 Å². The standard InChI is InChI=1S/C19H19FN4O3S/c1-12(14-6-5-7-15(10-14)28(21,26)27)23-19(25)16-11-22-24(13(16)2)18-9-4-3-8-17(18)20/h3-12H,1-2H3,(H,23,25)(H2,21,26,27). The first-order chi connectivity index (χ1) is 13.2. The van der Waals surface area contributed by atoms with Crippen molar-refractivity contribution < 1.29 is 17.6 Å². The predicted molar refractivity (Wildman–Crippen MR) is 102 cm³/mol. The fraction of sp³-hybridized carbons (Fsp3) is 0.158. The Morgan fingerprint density at radius 2 is 1.93 bits per heavy atom. The second-order valence-electron chi connectivity index (χ2n) is 6.32. The first-order valence-corrected chi connectivity index (χ1v) is 9.96. The maximum atomic E-state index is 14.0. The molecule has 1 amide bonds. The highest BCUT2D eigenvalue weighted by molar-refractivity contribution is 7.89. The number of hydrogen-bond donors (Lipinski definition) is 2. The zero-order chi connectivity index (χ0) is 20.5. The topological polar surface area (TPSA) is 107 Å². The summed E-state index contributed by atoms with van der Waals surface area (Å²) in [5.41, 5.74) is 1.60. The number of nitrogens with one attached hydrogen (secondary N) is 1. The fourth-order valence-corrected chi connectivity index (χ4v) is 3.39. The largest absolute Gasteiger partial charge is 0.345 e. The summed E-state index contributed by atoms with van der Waals surface area (Å²) < 4.78 is 38.4. The van der Waals surface area contributed by atoms with E-state index in [0.717, 1.165) is 0 Å². The number of carbonyl (C=O) groups excluding carboxylic acids is 1. The minimum Gasteiger partial charge on any atom is -0.345 e. The van der Waals surface area contributed by atoms with Gasteiger partial charge in [0.1, 0.15) is 11.5 Å². The zero-order valence-electron chi connectivity index (χ0n) is 15.3. The lowest BCUT2D eigenvalue weighted by atomic mass is 10.1. The molecule has 1 aromatic heterocycles. The van der Waals surface area contributed by atoms with Crippen LogP contribution in [0.2, 0.25) is 0 Å². The van der Waals surface area contributed by atoms with Gasteiger partial charge < -0.3 is 5.32 Å². The number of sulfonamides is 1. The highest BCUT2D eigenvalue weighted by Crippen LogP contribution is 2.20. The molecule has 1 unspecified atom stereocenters. The molecular formula is C19H19FN4O3S. The summed E-state index contributed by atoms with van der Waals surface area (Å²) in [6.45, 7) is 3.39. The average Bonchev–Trinajstić information content (AvgIpc) is 3.03. The Labute approximate surface area is 162 Å². The van der Waals surface area contributed by atoms with Gasteiger partial charge in [0.05, 0.1) is 28.4 Å². The maximum Gasteiger partial charge on any atom is 0.255 e. The van der Waals surface area contributed by atoms with Gasteiger partial charge in [-0.15, -0.1) is 0 Å². The third kappa shape index (κ3) is 3.95. The molecule has 1 heterocycles. The second kappa shape index (κ2) is 7.53. The van der Waals surface area contributed by atoms with Crippen molar-refractivity contribution in [3.63, 3.8) is 0 Å². The summed E-state index contributed by atoms with van der Waals surface area (Å²) >= 11 is 0. The summed E-state index contributed by atoms with van der Waals surface area (Å²) in [5, 5.41) is 12.1. The van der Waals surface area contributed by atoms with Crippen LogP contribution in [-0.4, -0.2) is 24.1 Å². The second-order valence-corrected chi connectivity index (χ2v) is 7.88. The number of benzene rings is 2. The molecular weight excluding hydrogens is 383 g/mol. The van der Waals surface area contributed by atoms with E-state index in [4.69, 9.17) is 5.14 Å². The number of nitrogens with two attached hydrogens (primary N) is 1. The predicted octanol–water partition coefficient (Wildman–Crippen LogP) is 2.46. The first-order valence-electron chi connectivity index (χ1n) is 8.41. The van der Waals surface area contributed by atoms with Crippen LogP contribution >= 0.6 is 0 Å². The number of carbonyl (C=O) groups is 1. The van der Waals surface area contributed by atoms with Crippen molar-refractivity contribution in [3.05, 3.63) is 77.4 Å². The van der Waals surface area contributed by atoms with Gasteiger partial charge in [0.2, 0.25) is 10.0 Å². The van der Waals surface area contributed by atoms with Gasteiger partial charge in [0, 0.05) is 0 Å². The molecule has 3 rings (SSSR count). The van der Waals surface area contributed by atoms with Gasteiger partial charge >= 0.3 is 0 Å². The SMILES string of the molecule is Cc1c(C(=O)NC(C)c2cccc(S(N)(=O)=O)c2)cnn1-c1ccccc1F. The summed E-state index contributed by atoms with van der Waals surface area (Å²) in [6.07, 6.45) is 1.37. The lowest BCUT2D eigenvalue weighted by Crippen LogP contribution is -2.27. The van der Waals surface area contributed by atoms with E-state index in [1.165, 1.54) is 29.1 Å². The first kappa shape index (κ1) is 19.7. The van der Waals surface area contributed by atoms with Crippen LogP contribution in [0.1, 0.15) is 34.6 Å². The summed E-state index contributed by atoms with van der Waals surface area (Å²) in [5.74, 6) is -0.859. The number of para-hydroxylation sites is 1. The quantitative estimate of drug-likeness (QED) is 0.683. The molecule has 0 spiro atoms. The van der Waals surface area contributed by atoms with Crippen molar-refractivity contribution in [2.45, 2.75) is 24.8 Å². The van der Waals surface area contributed by atoms with E-state index < -0.39 is 27.8 Å². The Bertz CT molecular complexity index is 1140. The van der Waals surface area contributed by atoms with Gasteiger partial charge in [-0.3, -0.25) is 4.79 Å². The number of amides is 1.